The number of nitrogens with one attached hydrogen (secondary N) is 2. The lowest BCUT2D eigenvalue weighted by Crippen LogP contribution is -2.15. The summed E-state index contributed by atoms with van der Waals surface area (Å²) in [6, 6.07) is 12.6. The monoisotopic (exact) mass is 368 g/mol. The second kappa shape index (κ2) is 7.53. The molecule has 0 saturated carbocycles. The molecule has 2 heterocycles. The molecule has 134 valence electrons. The third kappa shape index (κ3) is 4.37. The van der Waals surface area contributed by atoms with Gasteiger partial charge in [-0.05, 0) is 60.9 Å². The number of aromatic nitrogens is 2. The molecule has 6 nitrogen and oxygen atoms in total. The van der Waals surface area contributed by atoms with E-state index in [9.17, 15) is 8.42 Å². The largest absolute Gasteiger partial charge is 0.380 e. The van der Waals surface area contributed by atoms with Gasteiger partial charge in [0.2, 0.25) is 0 Å². The van der Waals surface area contributed by atoms with Crippen molar-refractivity contribution in [2.75, 3.05) is 10.0 Å². The third-order valence-electron chi connectivity index (χ3n) is 3.88. The van der Waals surface area contributed by atoms with E-state index in [1.807, 2.05) is 25.1 Å². The molecule has 0 aliphatic heterocycles. The zero-order chi connectivity index (χ0) is 18.6. The molecule has 3 rings (SSSR count). The van der Waals surface area contributed by atoms with Gasteiger partial charge in [-0.2, -0.15) is 0 Å². The van der Waals surface area contributed by atoms with Crippen LogP contribution in [0.1, 0.15) is 16.7 Å². The van der Waals surface area contributed by atoms with E-state index in [-0.39, 0.29) is 10.7 Å². The Labute approximate surface area is 153 Å². The number of sulfonamides is 1. The molecule has 0 aliphatic rings. The molecule has 0 unspecified atom stereocenters. The van der Waals surface area contributed by atoms with Crippen LogP contribution in [-0.4, -0.2) is 18.4 Å². The summed E-state index contributed by atoms with van der Waals surface area (Å²) in [5, 5.41) is 3.23. The van der Waals surface area contributed by atoms with Crippen molar-refractivity contribution in [3.8, 4) is 0 Å². The Balaban J connectivity index is 1.69. The van der Waals surface area contributed by atoms with E-state index in [0.29, 0.717) is 12.1 Å². The van der Waals surface area contributed by atoms with Crippen LogP contribution in [0.3, 0.4) is 0 Å². The highest BCUT2D eigenvalue weighted by Crippen LogP contribution is 2.20. The highest BCUT2D eigenvalue weighted by Gasteiger charge is 2.17. The Hall–Kier alpha value is -2.93. The van der Waals surface area contributed by atoms with Crippen LogP contribution in [0, 0.1) is 13.8 Å². The molecule has 2 aromatic heterocycles. The number of pyridine rings is 2. The van der Waals surface area contributed by atoms with Crippen LogP contribution in [0.4, 0.5) is 11.5 Å². The Morgan fingerprint density at radius 2 is 1.77 bits per heavy atom. The van der Waals surface area contributed by atoms with Gasteiger partial charge in [-0.1, -0.05) is 12.1 Å². The van der Waals surface area contributed by atoms with Crippen molar-refractivity contribution in [3.05, 3.63) is 77.7 Å². The molecular formula is C19H20N4O2S. The number of rotatable bonds is 6. The second-order valence-corrected chi connectivity index (χ2v) is 7.67. The quantitative estimate of drug-likeness (QED) is 0.696. The second-order valence-electron chi connectivity index (χ2n) is 6.02. The van der Waals surface area contributed by atoms with Crippen LogP contribution >= 0.6 is 0 Å². The van der Waals surface area contributed by atoms with Gasteiger partial charge < -0.3 is 5.32 Å². The van der Waals surface area contributed by atoms with Crippen molar-refractivity contribution < 1.29 is 8.42 Å². The van der Waals surface area contributed by atoms with Gasteiger partial charge in [0.25, 0.3) is 10.0 Å². The van der Waals surface area contributed by atoms with Crippen LogP contribution in [0.2, 0.25) is 0 Å². The molecule has 0 atom stereocenters. The summed E-state index contributed by atoms with van der Waals surface area (Å²) in [7, 11) is -3.67. The lowest BCUT2D eigenvalue weighted by atomic mass is 10.2. The molecule has 2 N–H and O–H groups in total. The first-order valence-electron chi connectivity index (χ1n) is 8.13. The molecule has 26 heavy (non-hydrogen) atoms. The maximum absolute atomic E-state index is 12.6. The zero-order valence-electron chi connectivity index (χ0n) is 14.6. The van der Waals surface area contributed by atoms with Gasteiger partial charge in [0, 0.05) is 18.9 Å². The standard InChI is InChI=1S/C19H20N4O2S/c1-14-3-4-15(2)18(11-14)26(24,25)23-19-6-5-17(13-22-19)21-12-16-7-9-20-10-8-16/h3-11,13,21H,12H2,1-2H3,(H,22,23). The molecule has 0 radical (unpaired) electrons. The van der Waals surface area contributed by atoms with Crippen molar-refractivity contribution in [3.63, 3.8) is 0 Å². The minimum atomic E-state index is -3.67. The van der Waals surface area contributed by atoms with E-state index < -0.39 is 10.0 Å². The van der Waals surface area contributed by atoms with Crippen molar-refractivity contribution >= 4 is 21.5 Å². The number of nitrogens with zero attached hydrogens (tertiary/aromatic N) is 2. The maximum atomic E-state index is 12.6. The fourth-order valence-corrected chi connectivity index (χ4v) is 3.79. The lowest BCUT2D eigenvalue weighted by molar-refractivity contribution is 0.600. The van der Waals surface area contributed by atoms with Crippen molar-refractivity contribution in [2.45, 2.75) is 25.3 Å². The average molecular weight is 368 g/mol. The first kappa shape index (κ1) is 17.9. The van der Waals surface area contributed by atoms with E-state index in [0.717, 1.165) is 16.8 Å². The Kier molecular flexibility index (Phi) is 5.18. The zero-order valence-corrected chi connectivity index (χ0v) is 15.4. The van der Waals surface area contributed by atoms with Crippen LogP contribution in [-0.2, 0) is 16.6 Å². The summed E-state index contributed by atoms with van der Waals surface area (Å²) in [5.41, 5.74) is 3.48. The number of benzene rings is 1. The molecule has 0 spiro atoms. The average Bonchev–Trinajstić information content (AvgIpc) is 2.64. The Morgan fingerprint density at radius 3 is 2.46 bits per heavy atom. The van der Waals surface area contributed by atoms with E-state index in [2.05, 4.69) is 20.0 Å². The molecule has 1 aromatic carbocycles. The van der Waals surface area contributed by atoms with Crippen molar-refractivity contribution in [1.82, 2.24) is 9.97 Å². The fourth-order valence-electron chi connectivity index (χ4n) is 2.45. The lowest BCUT2D eigenvalue weighted by Gasteiger charge is -2.11. The molecule has 0 amide bonds. The summed E-state index contributed by atoms with van der Waals surface area (Å²) in [6.07, 6.45) is 5.07. The number of anilines is 2. The summed E-state index contributed by atoms with van der Waals surface area (Å²) in [5.74, 6) is 0.278. The van der Waals surface area contributed by atoms with Gasteiger partial charge in [0.05, 0.1) is 16.8 Å². The topological polar surface area (TPSA) is 84.0 Å². The summed E-state index contributed by atoms with van der Waals surface area (Å²) < 4.78 is 27.7. The van der Waals surface area contributed by atoms with Crippen molar-refractivity contribution in [2.24, 2.45) is 0 Å². The predicted molar refractivity (Wildman–Crippen MR) is 103 cm³/mol. The predicted octanol–water partition coefficient (Wildman–Crippen LogP) is 3.51. The summed E-state index contributed by atoms with van der Waals surface area (Å²) >= 11 is 0. The highest BCUT2D eigenvalue weighted by atomic mass is 32.2. The number of aryl methyl sites for hydroxylation is 2. The number of hydrogen-bond donors (Lipinski definition) is 2. The van der Waals surface area contributed by atoms with Gasteiger partial charge in [-0.25, -0.2) is 13.4 Å². The first-order valence-corrected chi connectivity index (χ1v) is 9.61. The van der Waals surface area contributed by atoms with Gasteiger partial charge >= 0.3 is 0 Å². The maximum Gasteiger partial charge on any atom is 0.263 e. The van der Waals surface area contributed by atoms with Gasteiger partial charge in [-0.3, -0.25) is 9.71 Å². The number of hydrogen-bond acceptors (Lipinski definition) is 5. The van der Waals surface area contributed by atoms with E-state index in [1.54, 1.807) is 49.8 Å². The minimum Gasteiger partial charge on any atom is -0.380 e. The fraction of sp³-hybridized carbons (Fsp3) is 0.158. The first-order chi connectivity index (χ1) is 12.4. The van der Waals surface area contributed by atoms with E-state index in [4.69, 9.17) is 0 Å². The smallest absolute Gasteiger partial charge is 0.263 e. The highest BCUT2D eigenvalue weighted by molar-refractivity contribution is 7.92. The molecular weight excluding hydrogens is 348 g/mol. The van der Waals surface area contributed by atoms with Crippen LogP contribution < -0.4 is 10.0 Å². The molecule has 0 fully saturated rings. The Morgan fingerprint density at radius 1 is 1.00 bits per heavy atom. The van der Waals surface area contributed by atoms with Gasteiger partial charge in [-0.15, -0.1) is 0 Å². The van der Waals surface area contributed by atoms with Gasteiger partial charge in [0.1, 0.15) is 5.82 Å². The minimum absolute atomic E-state index is 0.263. The van der Waals surface area contributed by atoms with E-state index >= 15 is 0 Å². The van der Waals surface area contributed by atoms with Crippen LogP contribution in [0.25, 0.3) is 0 Å². The molecule has 0 bridgehead atoms. The summed E-state index contributed by atoms with van der Waals surface area (Å²) in [4.78, 5) is 8.43. The molecule has 3 aromatic rings. The van der Waals surface area contributed by atoms with E-state index in [1.165, 1.54) is 0 Å². The summed E-state index contributed by atoms with van der Waals surface area (Å²) in [6.45, 7) is 4.27. The SMILES string of the molecule is Cc1ccc(C)c(S(=O)(=O)Nc2ccc(NCc3ccncc3)cn2)c1. The molecule has 0 saturated heterocycles. The van der Waals surface area contributed by atoms with Gasteiger partial charge in [0.15, 0.2) is 0 Å². The van der Waals surface area contributed by atoms with Crippen LogP contribution in [0.15, 0.2) is 66.0 Å². The van der Waals surface area contributed by atoms with Crippen molar-refractivity contribution in [1.29, 1.82) is 0 Å². The Bertz CT molecular complexity index is 988. The van der Waals surface area contributed by atoms with Crippen LogP contribution in [0.5, 0.6) is 0 Å². The molecule has 7 heteroatoms. The normalized spacial score (nSPS) is 11.2. The molecule has 0 aliphatic carbocycles. The third-order valence-corrected chi connectivity index (χ3v) is 5.38.